The number of nitrogens with zero attached hydrogens (tertiary/aromatic N) is 4. The van der Waals surface area contributed by atoms with Gasteiger partial charge in [0.1, 0.15) is 6.33 Å². The molecule has 0 unspecified atom stereocenters. The van der Waals surface area contributed by atoms with Gasteiger partial charge in [0.05, 0.1) is 5.52 Å². The van der Waals surface area contributed by atoms with E-state index in [9.17, 15) is 0 Å². The second kappa shape index (κ2) is 2.65. The van der Waals surface area contributed by atoms with Crippen LogP contribution in [0.3, 0.4) is 0 Å². The van der Waals surface area contributed by atoms with E-state index in [2.05, 4.69) is 15.1 Å². The van der Waals surface area contributed by atoms with Crippen molar-refractivity contribution in [3.63, 3.8) is 0 Å². The molecular weight excluding hydrogens is 200 g/mol. The molecule has 0 atom stereocenters. The first-order chi connectivity index (χ1) is 6.86. The maximum atomic E-state index is 5.93. The third-order valence-electron chi connectivity index (χ3n) is 2.08. The van der Waals surface area contributed by atoms with Crippen LogP contribution in [0.15, 0.2) is 30.6 Å². The Morgan fingerprint density at radius 2 is 2.07 bits per heavy atom. The summed E-state index contributed by atoms with van der Waals surface area (Å²) < 4.78 is 1.52. The standard InChI is InChI=1S/C9H5ClN4/c10-9-13-7-4-2-1-3-6(7)8-11-5-12-14(8)9/h1-5H. The Hall–Kier alpha value is -1.68. The van der Waals surface area contributed by atoms with Gasteiger partial charge in [0.2, 0.25) is 5.28 Å². The summed E-state index contributed by atoms with van der Waals surface area (Å²) in [6.07, 6.45) is 1.47. The van der Waals surface area contributed by atoms with Crippen LogP contribution < -0.4 is 0 Å². The van der Waals surface area contributed by atoms with Crippen molar-refractivity contribution in [2.75, 3.05) is 0 Å². The van der Waals surface area contributed by atoms with E-state index in [1.165, 1.54) is 10.8 Å². The number of aromatic nitrogens is 4. The first-order valence-corrected chi connectivity index (χ1v) is 4.48. The third-order valence-corrected chi connectivity index (χ3v) is 2.32. The molecule has 0 amide bonds. The number of halogens is 1. The zero-order chi connectivity index (χ0) is 9.54. The van der Waals surface area contributed by atoms with Crippen LogP contribution in [0.4, 0.5) is 0 Å². The molecule has 0 saturated carbocycles. The molecule has 4 nitrogen and oxygen atoms in total. The van der Waals surface area contributed by atoms with Crippen molar-refractivity contribution in [2.24, 2.45) is 0 Å². The van der Waals surface area contributed by atoms with Crippen molar-refractivity contribution >= 4 is 28.2 Å². The Morgan fingerprint density at radius 3 is 3.00 bits per heavy atom. The van der Waals surface area contributed by atoms with Gasteiger partial charge in [-0.15, -0.1) is 0 Å². The highest BCUT2D eigenvalue weighted by Gasteiger charge is 2.06. The molecule has 2 aromatic heterocycles. The van der Waals surface area contributed by atoms with E-state index in [0.717, 1.165) is 16.6 Å². The maximum absolute atomic E-state index is 5.93. The molecule has 0 bridgehead atoms. The number of fused-ring (bicyclic) bond motifs is 3. The Kier molecular flexibility index (Phi) is 1.46. The van der Waals surface area contributed by atoms with Crippen LogP contribution in [0, 0.1) is 0 Å². The van der Waals surface area contributed by atoms with Crippen LogP contribution in [-0.2, 0) is 0 Å². The lowest BCUT2D eigenvalue weighted by molar-refractivity contribution is 0.935. The van der Waals surface area contributed by atoms with Crippen molar-refractivity contribution in [1.82, 2.24) is 19.6 Å². The van der Waals surface area contributed by atoms with Gasteiger partial charge in [0, 0.05) is 5.39 Å². The summed E-state index contributed by atoms with van der Waals surface area (Å²) in [4.78, 5) is 8.34. The monoisotopic (exact) mass is 204 g/mol. The summed E-state index contributed by atoms with van der Waals surface area (Å²) in [7, 11) is 0. The fourth-order valence-electron chi connectivity index (χ4n) is 1.47. The van der Waals surface area contributed by atoms with Gasteiger partial charge in [-0.2, -0.15) is 9.61 Å². The average Bonchev–Trinajstić information content (AvgIpc) is 2.67. The minimum atomic E-state index is 0.330. The highest BCUT2D eigenvalue weighted by atomic mass is 35.5. The molecule has 0 radical (unpaired) electrons. The van der Waals surface area contributed by atoms with E-state index >= 15 is 0 Å². The van der Waals surface area contributed by atoms with Gasteiger partial charge in [-0.25, -0.2) is 9.97 Å². The second-order valence-electron chi connectivity index (χ2n) is 2.89. The Labute approximate surface area is 84.2 Å². The van der Waals surface area contributed by atoms with E-state index in [-0.39, 0.29) is 0 Å². The fourth-order valence-corrected chi connectivity index (χ4v) is 1.68. The number of hydrogen-bond acceptors (Lipinski definition) is 3. The van der Waals surface area contributed by atoms with Crippen molar-refractivity contribution < 1.29 is 0 Å². The predicted octanol–water partition coefficient (Wildman–Crippen LogP) is 1.93. The fraction of sp³-hybridized carbons (Fsp3) is 0. The van der Waals surface area contributed by atoms with Crippen LogP contribution in [0.2, 0.25) is 5.28 Å². The normalized spacial score (nSPS) is 11.2. The number of hydrogen-bond donors (Lipinski definition) is 0. The van der Waals surface area contributed by atoms with Crippen molar-refractivity contribution in [2.45, 2.75) is 0 Å². The van der Waals surface area contributed by atoms with Crippen molar-refractivity contribution in [3.05, 3.63) is 35.9 Å². The van der Waals surface area contributed by atoms with Crippen molar-refractivity contribution in [3.8, 4) is 0 Å². The Bertz CT molecular complexity index is 616. The zero-order valence-corrected chi connectivity index (χ0v) is 7.81. The number of rotatable bonds is 0. The Morgan fingerprint density at radius 1 is 1.21 bits per heavy atom. The van der Waals surface area contributed by atoms with Gasteiger partial charge in [-0.1, -0.05) is 12.1 Å². The van der Waals surface area contributed by atoms with E-state index < -0.39 is 0 Å². The highest BCUT2D eigenvalue weighted by molar-refractivity contribution is 6.29. The average molecular weight is 205 g/mol. The quantitative estimate of drug-likeness (QED) is 0.526. The first-order valence-electron chi connectivity index (χ1n) is 4.10. The highest BCUT2D eigenvalue weighted by Crippen LogP contribution is 2.18. The minimum Gasteiger partial charge on any atom is -0.218 e. The van der Waals surface area contributed by atoms with E-state index in [4.69, 9.17) is 11.6 Å². The molecule has 0 aliphatic heterocycles. The summed E-state index contributed by atoms with van der Waals surface area (Å²) in [6.45, 7) is 0. The molecular formula is C9H5ClN4. The number of benzene rings is 1. The van der Waals surface area contributed by atoms with Crippen LogP contribution in [0.5, 0.6) is 0 Å². The van der Waals surface area contributed by atoms with Crippen molar-refractivity contribution in [1.29, 1.82) is 0 Å². The van der Waals surface area contributed by atoms with Crippen LogP contribution in [0.1, 0.15) is 0 Å². The summed E-state index contributed by atoms with van der Waals surface area (Å²) >= 11 is 5.93. The lowest BCUT2D eigenvalue weighted by Gasteiger charge is -1.99. The molecule has 68 valence electrons. The molecule has 0 fully saturated rings. The van der Waals surface area contributed by atoms with Gasteiger partial charge in [0.25, 0.3) is 0 Å². The van der Waals surface area contributed by atoms with Crippen LogP contribution in [0.25, 0.3) is 16.6 Å². The molecule has 14 heavy (non-hydrogen) atoms. The molecule has 5 heteroatoms. The number of para-hydroxylation sites is 1. The smallest absolute Gasteiger partial charge is 0.218 e. The largest absolute Gasteiger partial charge is 0.226 e. The van der Waals surface area contributed by atoms with Gasteiger partial charge >= 0.3 is 0 Å². The van der Waals surface area contributed by atoms with E-state index in [1.54, 1.807) is 0 Å². The SMILES string of the molecule is Clc1nc2ccccc2c2ncnn12. The molecule has 0 aliphatic carbocycles. The molecule has 3 aromatic rings. The van der Waals surface area contributed by atoms with Gasteiger partial charge < -0.3 is 0 Å². The molecule has 0 saturated heterocycles. The Balaban J connectivity index is 2.66. The second-order valence-corrected chi connectivity index (χ2v) is 3.23. The van der Waals surface area contributed by atoms with Gasteiger partial charge in [-0.05, 0) is 23.7 Å². The molecule has 2 heterocycles. The summed E-state index contributed by atoms with van der Waals surface area (Å²) in [5.41, 5.74) is 1.57. The maximum Gasteiger partial charge on any atom is 0.226 e. The molecule has 0 spiro atoms. The molecule has 1 aromatic carbocycles. The lowest BCUT2D eigenvalue weighted by atomic mass is 10.2. The van der Waals surface area contributed by atoms with Crippen LogP contribution >= 0.6 is 11.6 Å². The topological polar surface area (TPSA) is 43.1 Å². The van der Waals surface area contributed by atoms with E-state index in [1.807, 2.05) is 24.3 Å². The van der Waals surface area contributed by atoms with Gasteiger partial charge in [0.15, 0.2) is 5.65 Å². The van der Waals surface area contributed by atoms with E-state index in [0.29, 0.717) is 5.28 Å². The molecule has 0 N–H and O–H groups in total. The van der Waals surface area contributed by atoms with Gasteiger partial charge in [-0.3, -0.25) is 0 Å². The minimum absolute atomic E-state index is 0.330. The summed E-state index contributed by atoms with van der Waals surface area (Å²) in [5.74, 6) is 0. The summed E-state index contributed by atoms with van der Waals surface area (Å²) in [6, 6.07) is 7.70. The summed E-state index contributed by atoms with van der Waals surface area (Å²) in [5, 5.41) is 5.26. The third kappa shape index (κ3) is 0.914. The first kappa shape index (κ1) is 7.70. The lowest BCUT2D eigenvalue weighted by Crippen LogP contribution is -1.94. The predicted molar refractivity (Wildman–Crippen MR) is 53.3 cm³/mol. The van der Waals surface area contributed by atoms with Crippen LogP contribution in [-0.4, -0.2) is 19.6 Å². The molecule has 0 aliphatic rings. The molecule has 3 rings (SSSR count). The zero-order valence-electron chi connectivity index (χ0n) is 7.05.